The fraction of sp³-hybridized carbons (Fsp3) is 0.318. The van der Waals surface area contributed by atoms with Gasteiger partial charge in [0.1, 0.15) is 11.1 Å². The van der Waals surface area contributed by atoms with Gasteiger partial charge in [0.05, 0.1) is 6.04 Å². The summed E-state index contributed by atoms with van der Waals surface area (Å²) < 4.78 is 15.3. The minimum Gasteiger partial charge on any atom is -0.325 e. The molecule has 0 fully saturated rings. The van der Waals surface area contributed by atoms with Crippen molar-refractivity contribution in [1.29, 1.82) is 0 Å². The molecule has 2 heterocycles. The summed E-state index contributed by atoms with van der Waals surface area (Å²) in [7, 11) is 0. The Morgan fingerprint density at radius 3 is 2.53 bits per heavy atom. The van der Waals surface area contributed by atoms with E-state index in [0.29, 0.717) is 5.16 Å². The molecule has 0 saturated carbocycles. The topological polar surface area (TPSA) is 71.8 Å². The summed E-state index contributed by atoms with van der Waals surface area (Å²) in [4.78, 5) is 13.2. The average molecular weight is 426 g/mol. The molecule has 8 heteroatoms. The van der Waals surface area contributed by atoms with Gasteiger partial charge in [-0.1, -0.05) is 49.9 Å². The standard InChI is InChI=1S/C22H24FN5OS/c1-3-5-18-25-26-22-28(18)27-19(15-8-10-16(23)11-9-15)20(30-22)21(29)24-17-12-6-14(4-2)7-13-17/h6-13,19-20,27H,3-5H2,1-2H3,(H,24,29)/t19-,20-/m1/s1. The molecular formula is C22H24FN5OS. The van der Waals surface area contributed by atoms with E-state index in [1.54, 1.807) is 12.1 Å². The van der Waals surface area contributed by atoms with Crippen LogP contribution in [0.5, 0.6) is 0 Å². The Morgan fingerprint density at radius 1 is 1.13 bits per heavy atom. The van der Waals surface area contributed by atoms with Crippen LogP contribution in [0, 0.1) is 5.82 Å². The minimum atomic E-state index is -0.493. The zero-order valence-electron chi connectivity index (χ0n) is 16.9. The highest BCUT2D eigenvalue weighted by atomic mass is 32.2. The summed E-state index contributed by atoms with van der Waals surface area (Å²) in [6, 6.07) is 13.7. The molecule has 0 unspecified atom stereocenters. The first-order chi connectivity index (χ1) is 14.6. The SMILES string of the molecule is CCCc1nnc2n1N[C@H](c1ccc(F)cc1)[C@H](C(=O)Nc1ccc(CC)cc1)S2. The number of halogens is 1. The van der Waals surface area contributed by atoms with Crippen LogP contribution in [0.25, 0.3) is 0 Å². The molecule has 2 aromatic carbocycles. The van der Waals surface area contributed by atoms with Gasteiger partial charge in [0.25, 0.3) is 0 Å². The van der Waals surface area contributed by atoms with Gasteiger partial charge >= 0.3 is 0 Å². The number of benzene rings is 2. The minimum absolute atomic E-state index is 0.141. The number of carbonyl (C=O) groups excluding carboxylic acids is 1. The van der Waals surface area contributed by atoms with Crippen molar-refractivity contribution in [2.45, 2.75) is 49.6 Å². The van der Waals surface area contributed by atoms with Crippen LogP contribution in [0.1, 0.15) is 43.3 Å². The number of hydrogen-bond donors (Lipinski definition) is 2. The van der Waals surface area contributed by atoms with E-state index in [2.05, 4.69) is 34.8 Å². The molecule has 1 aliphatic heterocycles. The number of anilines is 1. The van der Waals surface area contributed by atoms with Gasteiger partial charge in [-0.05, 0) is 48.2 Å². The van der Waals surface area contributed by atoms with E-state index in [-0.39, 0.29) is 17.8 Å². The molecule has 1 aliphatic rings. The Hall–Kier alpha value is -2.87. The molecule has 4 rings (SSSR count). The smallest absolute Gasteiger partial charge is 0.240 e. The first kappa shape index (κ1) is 20.4. The number of rotatable bonds is 6. The highest BCUT2D eigenvalue weighted by Crippen LogP contribution is 2.37. The van der Waals surface area contributed by atoms with Crippen molar-refractivity contribution in [3.63, 3.8) is 0 Å². The van der Waals surface area contributed by atoms with Gasteiger partial charge in [-0.25, -0.2) is 9.07 Å². The second-order valence-corrected chi connectivity index (χ2v) is 8.33. The molecule has 30 heavy (non-hydrogen) atoms. The van der Waals surface area contributed by atoms with Gasteiger partial charge in [0.15, 0.2) is 5.82 Å². The Bertz CT molecular complexity index is 1020. The second kappa shape index (κ2) is 8.87. The van der Waals surface area contributed by atoms with E-state index in [9.17, 15) is 9.18 Å². The Kier molecular flexibility index (Phi) is 6.03. The fourth-order valence-electron chi connectivity index (χ4n) is 3.44. The molecule has 0 spiro atoms. The number of aromatic nitrogens is 3. The quantitative estimate of drug-likeness (QED) is 0.615. The molecule has 3 aromatic rings. The van der Waals surface area contributed by atoms with E-state index in [4.69, 9.17) is 0 Å². The fourth-order valence-corrected chi connectivity index (χ4v) is 4.54. The van der Waals surface area contributed by atoms with E-state index in [0.717, 1.165) is 36.3 Å². The van der Waals surface area contributed by atoms with Gasteiger partial charge < -0.3 is 10.7 Å². The van der Waals surface area contributed by atoms with Crippen LogP contribution in [-0.2, 0) is 17.6 Å². The third-order valence-electron chi connectivity index (χ3n) is 5.09. The van der Waals surface area contributed by atoms with Crippen LogP contribution in [0.4, 0.5) is 10.1 Å². The Labute approximate surface area is 179 Å². The monoisotopic (exact) mass is 425 g/mol. The Morgan fingerprint density at radius 2 is 1.87 bits per heavy atom. The van der Waals surface area contributed by atoms with E-state index >= 15 is 0 Å². The van der Waals surface area contributed by atoms with Gasteiger partial charge in [-0.2, -0.15) is 0 Å². The number of carbonyl (C=O) groups is 1. The zero-order chi connectivity index (χ0) is 21.1. The summed E-state index contributed by atoms with van der Waals surface area (Å²) in [5.41, 5.74) is 6.17. The van der Waals surface area contributed by atoms with Crippen molar-refractivity contribution in [2.24, 2.45) is 0 Å². The summed E-state index contributed by atoms with van der Waals surface area (Å²) in [6.45, 7) is 4.17. The highest BCUT2D eigenvalue weighted by molar-refractivity contribution is 8.00. The second-order valence-electron chi connectivity index (χ2n) is 7.22. The first-order valence-corrected chi connectivity index (χ1v) is 11.0. The molecule has 0 radical (unpaired) electrons. The average Bonchev–Trinajstić information content (AvgIpc) is 3.16. The van der Waals surface area contributed by atoms with Crippen LogP contribution in [0.3, 0.4) is 0 Å². The summed E-state index contributed by atoms with van der Waals surface area (Å²) in [6.07, 6.45) is 2.65. The molecular weight excluding hydrogens is 401 g/mol. The largest absolute Gasteiger partial charge is 0.325 e. The van der Waals surface area contributed by atoms with Crippen molar-refractivity contribution in [1.82, 2.24) is 14.9 Å². The van der Waals surface area contributed by atoms with Gasteiger partial charge in [0.2, 0.25) is 11.1 Å². The molecule has 0 aliphatic carbocycles. The van der Waals surface area contributed by atoms with Crippen LogP contribution in [0.2, 0.25) is 0 Å². The number of hydrogen-bond acceptors (Lipinski definition) is 5. The third kappa shape index (κ3) is 4.18. The van der Waals surface area contributed by atoms with Gasteiger partial charge in [-0.3, -0.25) is 4.79 Å². The van der Waals surface area contributed by atoms with Crippen molar-refractivity contribution in [3.05, 3.63) is 71.3 Å². The van der Waals surface area contributed by atoms with Crippen LogP contribution in [0.15, 0.2) is 53.7 Å². The van der Waals surface area contributed by atoms with Crippen molar-refractivity contribution in [3.8, 4) is 0 Å². The Balaban J connectivity index is 1.63. The van der Waals surface area contributed by atoms with E-state index in [1.165, 1.54) is 29.5 Å². The molecule has 2 N–H and O–H groups in total. The molecule has 156 valence electrons. The lowest BCUT2D eigenvalue weighted by molar-refractivity contribution is -0.116. The molecule has 1 amide bonds. The molecule has 0 saturated heterocycles. The number of nitrogens with one attached hydrogen (secondary N) is 2. The molecule has 2 atom stereocenters. The van der Waals surface area contributed by atoms with E-state index < -0.39 is 5.25 Å². The lowest BCUT2D eigenvalue weighted by Crippen LogP contribution is -2.41. The number of thioether (sulfide) groups is 1. The highest BCUT2D eigenvalue weighted by Gasteiger charge is 2.37. The summed E-state index contributed by atoms with van der Waals surface area (Å²) >= 11 is 1.37. The third-order valence-corrected chi connectivity index (χ3v) is 6.31. The van der Waals surface area contributed by atoms with Crippen LogP contribution >= 0.6 is 11.8 Å². The number of fused-ring (bicyclic) bond motifs is 1. The number of amides is 1. The van der Waals surface area contributed by atoms with Crippen LogP contribution in [-0.4, -0.2) is 26.0 Å². The number of nitrogens with zero attached hydrogens (tertiary/aromatic N) is 3. The number of aryl methyl sites for hydroxylation is 2. The molecule has 6 nitrogen and oxygen atoms in total. The molecule has 1 aromatic heterocycles. The lowest BCUT2D eigenvalue weighted by Gasteiger charge is -2.33. The normalized spacial score (nSPS) is 17.8. The maximum Gasteiger partial charge on any atom is 0.240 e. The first-order valence-electron chi connectivity index (χ1n) is 10.1. The van der Waals surface area contributed by atoms with Crippen molar-refractivity contribution >= 4 is 23.4 Å². The van der Waals surface area contributed by atoms with Crippen molar-refractivity contribution < 1.29 is 9.18 Å². The van der Waals surface area contributed by atoms with Crippen LogP contribution < -0.4 is 10.7 Å². The predicted molar refractivity (Wildman–Crippen MR) is 117 cm³/mol. The summed E-state index contributed by atoms with van der Waals surface area (Å²) in [5, 5.41) is 11.7. The van der Waals surface area contributed by atoms with Gasteiger partial charge in [-0.15, -0.1) is 10.2 Å². The zero-order valence-corrected chi connectivity index (χ0v) is 17.7. The lowest BCUT2D eigenvalue weighted by atomic mass is 10.0. The predicted octanol–water partition coefficient (Wildman–Crippen LogP) is 4.33. The molecule has 0 bridgehead atoms. The van der Waals surface area contributed by atoms with Gasteiger partial charge in [0, 0.05) is 12.1 Å². The van der Waals surface area contributed by atoms with Crippen molar-refractivity contribution in [2.75, 3.05) is 10.7 Å². The van der Waals surface area contributed by atoms with E-state index in [1.807, 2.05) is 28.9 Å². The maximum absolute atomic E-state index is 13.5. The summed E-state index contributed by atoms with van der Waals surface area (Å²) in [5.74, 6) is 0.370. The maximum atomic E-state index is 13.5.